The average molecular weight is 522 g/mol. The van der Waals surface area contributed by atoms with Crippen molar-refractivity contribution in [3.8, 4) is 17.2 Å². The standard InChI is InChI=1S/C27H21F3N4O4/c28-27(29,30)38-20-11-9-18(10-12-20)33-26(35)21-6-3-7-22-24(21)36-16-15-34(22)25-23(8-4-14-32-25)37-17-19-5-1-2-13-31-19/h1-14H,15-17H2,(H,33,35). The van der Waals surface area contributed by atoms with Gasteiger partial charge in [0.05, 0.1) is 23.5 Å². The van der Waals surface area contributed by atoms with Crippen molar-refractivity contribution in [2.75, 3.05) is 23.4 Å². The van der Waals surface area contributed by atoms with Crippen LogP contribution in [0.2, 0.25) is 0 Å². The van der Waals surface area contributed by atoms with E-state index in [0.29, 0.717) is 35.2 Å². The number of benzene rings is 2. The van der Waals surface area contributed by atoms with Crippen molar-refractivity contribution in [2.24, 2.45) is 0 Å². The number of hydrogen-bond donors (Lipinski definition) is 1. The molecule has 1 aliphatic heterocycles. The van der Waals surface area contributed by atoms with Gasteiger partial charge in [-0.3, -0.25) is 9.78 Å². The fourth-order valence-corrected chi connectivity index (χ4v) is 3.92. The van der Waals surface area contributed by atoms with Crippen molar-refractivity contribution in [2.45, 2.75) is 13.0 Å². The highest BCUT2D eigenvalue weighted by Gasteiger charge is 2.31. The molecule has 4 aromatic rings. The van der Waals surface area contributed by atoms with Gasteiger partial charge in [-0.15, -0.1) is 13.2 Å². The molecule has 0 aliphatic carbocycles. The van der Waals surface area contributed by atoms with Crippen LogP contribution in [0.1, 0.15) is 16.1 Å². The summed E-state index contributed by atoms with van der Waals surface area (Å²) >= 11 is 0. The molecule has 0 spiro atoms. The quantitative estimate of drug-likeness (QED) is 0.331. The van der Waals surface area contributed by atoms with Gasteiger partial charge in [0, 0.05) is 18.1 Å². The van der Waals surface area contributed by atoms with E-state index in [1.54, 1.807) is 30.6 Å². The number of nitrogens with zero attached hydrogens (tertiary/aromatic N) is 3. The number of para-hydroxylation sites is 1. The summed E-state index contributed by atoms with van der Waals surface area (Å²) in [7, 11) is 0. The summed E-state index contributed by atoms with van der Waals surface area (Å²) in [6.45, 7) is 1.01. The third kappa shape index (κ3) is 5.77. The van der Waals surface area contributed by atoms with Gasteiger partial charge in [0.15, 0.2) is 17.3 Å². The van der Waals surface area contributed by atoms with Crippen LogP contribution in [-0.4, -0.2) is 35.4 Å². The van der Waals surface area contributed by atoms with Gasteiger partial charge in [0.1, 0.15) is 19.0 Å². The van der Waals surface area contributed by atoms with Crippen LogP contribution in [0.4, 0.5) is 30.4 Å². The lowest BCUT2D eigenvalue weighted by Crippen LogP contribution is -2.31. The average Bonchev–Trinajstić information content (AvgIpc) is 2.92. The molecule has 1 amide bonds. The highest BCUT2D eigenvalue weighted by Crippen LogP contribution is 2.41. The number of pyridine rings is 2. The van der Waals surface area contributed by atoms with E-state index in [9.17, 15) is 18.0 Å². The van der Waals surface area contributed by atoms with Crippen molar-refractivity contribution in [1.29, 1.82) is 0 Å². The first-order chi connectivity index (χ1) is 18.4. The number of anilines is 3. The number of ether oxygens (including phenoxy) is 3. The van der Waals surface area contributed by atoms with Gasteiger partial charge in [-0.25, -0.2) is 4.98 Å². The fourth-order valence-electron chi connectivity index (χ4n) is 3.92. The normalized spacial score (nSPS) is 12.8. The summed E-state index contributed by atoms with van der Waals surface area (Å²) in [5.74, 6) is 0.589. The summed E-state index contributed by atoms with van der Waals surface area (Å²) in [6.07, 6.45) is -1.45. The van der Waals surface area contributed by atoms with Gasteiger partial charge in [-0.05, 0) is 60.7 Å². The molecule has 0 saturated heterocycles. The Labute approximate surface area is 215 Å². The van der Waals surface area contributed by atoms with Crippen molar-refractivity contribution >= 4 is 23.1 Å². The molecule has 0 unspecified atom stereocenters. The molecule has 8 nitrogen and oxygen atoms in total. The number of alkyl halides is 3. The molecule has 0 radical (unpaired) electrons. The van der Waals surface area contributed by atoms with Crippen LogP contribution in [0.25, 0.3) is 0 Å². The maximum Gasteiger partial charge on any atom is 0.573 e. The Morgan fingerprint density at radius 1 is 0.974 bits per heavy atom. The molecule has 0 atom stereocenters. The van der Waals surface area contributed by atoms with Gasteiger partial charge >= 0.3 is 6.36 Å². The van der Waals surface area contributed by atoms with E-state index in [-0.39, 0.29) is 24.5 Å². The molecule has 2 aromatic heterocycles. The highest BCUT2D eigenvalue weighted by atomic mass is 19.4. The Morgan fingerprint density at radius 2 is 1.79 bits per heavy atom. The maximum atomic E-state index is 13.1. The van der Waals surface area contributed by atoms with Crippen molar-refractivity contribution < 1.29 is 32.2 Å². The fraction of sp³-hybridized carbons (Fsp3) is 0.148. The Bertz CT molecular complexity index is 1420. The maximum absolute atomic E-state index is 13.1. The molecule has 3 heterocycles. The molecular weight excluding hydrogens is 501 g/mol. The first kappa shape index (κ1) is 24.9. The molecule has 0 fully saturated rings. The molecule has 1 N–H and O–H groups in total. The summed E-state index contributed by atoms with van der Waals surface area (Å²) in [5.41, 5.74) is 1.94. The van der Waals surface area contributed by atoms with Crippen LogP contribution in [0, 0.1) is 0 Å². The van der Waals surface area contributed by atoms with E-state index in [4.69, 9.17) is 9.47 Å². The van der Waals surface area contributed by atoms with E-state index in [0.717, 1.165) is 17.8 Å². The van der Waals surface area contributed by atoms with Gasteiger partial charge in [-0.1, -0.05) is 12.1 Å². The molecule has 1 aliphatic rings. The highest BCUT2D eigenvalue weighted by molar-refractivity contribution is 6.07. The number of amides is 1. The minimum Gasteiger partial charge on any atom is -0.489 e. The topological polar surface area (TPSA) is 85.8 Å². The van der Waals surface area contributed by atoms with Gasteiger partial charge in [0.2, 0.25) is 0 Å². The SMILES string of the molecule is O=C(Nc1ccc(OC(F)(F)F)cc1)c1cccc2c1OCCN2c1ncccc1OCc1ccccn1. The van der Waals surface area contributed by atoms with E-state index < -0.39 is 12.3 Å². The van der Waals surface area contributed by atoms with Crippen molar-refractivity contribution in [3.05, 3.63) is 96.4 Å². The second-order valence-electron chi connectivity index (χ2n) is 8.12. The minimum absolute atomic E-state index is 0.256. The Kier molecular flexibility index (Phi) is 6.98. The van der Waals surface area contributed by atoms with Gasteiger partial charge in [-0.2, -0.15) is 0 Å². The Balaban J connectivity index is 1.37. The first-order valence-corrected chi connectivity index (χ1v) is 11.6. The Morgan fingerprint density at radius 3 is 2.55 bits per heavy atom. The zero-order valence-electron chi connectivity index (χ0n) is 19.8. The van der Waals surface area contributed by atoms with E-state index in [2.05, 4.69) is 20.0 Å². The van der Waals surface area contributed by atoms with Crippen LogP contribution in [-0.2, 0) is 6.61 Å². The number of rotatable bonds is 7. The van der Waals surface area contributed by atoms with Gasteiger partial charge in [0.25, 0.3) is 5.91 Å². The van der Waals surface area contributed by atoms with Crippen LogP contribution in [0.5, 0.6) is 17.2 Å². The number of carbonyl (C=O) groups excluding carboxylic acids is 1. The van der Waals surface area contributed by atoms with Gasteiger partial charge < -0.3 is 24.4 Å². The summed E-state index contributed by atoms with van der Waals surface area (Å²) in [6, 6.07) is 19.2. The number of hydrogen-bond acceptors (Lipinski definition) is 7. The first-order valence-electron chi connectivity index (χ1n) is 11.6. The monoisotopic (exact) mass is 522 g/mol. The summed E-state index contributed by atoms with van der Waals surface area (Å²) < 4.78 is 53.0. The predicted molar refractivity (Wildman–Crippen MR) is 133 cm³/mol. The molecule has 5 rings (SSSR count). The molecule has 38 heavy (non-hydrogen) atoms. The van der Waals surface area contributed by atoms with E-state index in [1.807, 2.05) is 35.2 Å². The Hall–Kier alpha value is -4.80. The molecular formula is C27H21F3N4O4. The molecule has 2 aromatic carbocycles. The minimum atomic E-state index is -4.80. The van der Waals surface area contributed by atoms with Crippen molar-refractivity contribution in [1.82, 2.24) is 9.97 Å². The molecule has 194 valence electrons. The second-order valence-corrected chi connectivity index (χ2v) is 8.12. The third-order valence-corrected chi connectivity index (χ3v) is 5.54. The lowest BCUT2D eigenvalue weighted by atomic mass is 10.1. The van der Waals surface area contributed by atoms with Crippen LogP contribution < -0.4 is 24.4 Å². The second kappa shape index (κ2) is 10.7. The number of halogens is 3. The van der Waals surface area contributed by atoms with E-state index in [1.165, 1.54) is 12.1 Å². The number of nitrogens with one attached hydrogen (secondary N) is 1. The van der Waals surface area contributed by atoms with Crippen LogP contribution >= 0.6 is 0 Å². The summed E-state index contributed by atoms with van der Waals surface area (Å²) in [4.78, 5) is 23.8. The zero-order chi connectivity index (χ0) is 26.5. The number of aromatic nitrogens is 2. The molecule has 11 heteroatoms. The third-order valence-electron chi connectivity index (χ3n) is 5.54. The van der Waals surface area contributed by atoms with E-state index >= 15 is 0 Å². The lowest BCUT2D eigenvalue weighted by molar-refractivity contribution is -0.274. The summed E-state index contributed by atoms with van der Waals surface area (Å²) in [5, 5.41) is 2.68. The largest absolute Gasteiger partial charge is 0.573 e. The predicted octanol–water partition coefficient (Wildman–Crippen LogP) is 5.74. The van der Waals surface area contributed by atoms with Crippen LogP contribution in [0.15, 0.2) is 85.2 Å². The van der Waals surface area contributed by atoms with Crippen molar-refractivity contribution in [3.63, 3.8) is 0 Å². The number of carbonyl (C=O) groups is 1. The smallest absolute Gasteiger partial charge is 0.489 e. The zero-order valence-corrected chi connectivity index (χ0v) is 19.8. The lowest BCUT2D eigenvalue weighted by Gasteiger charge is -2.32. The molecule has 0 saturated carbocycles. The van der Waals surface area contributed by atoms with Crippen LogP contribution in [0.3, 0.4) is 0 Å². The molecule has 0 bridgehead atoms. The number of fused-ring (bicyclic) bond motifs is 1.